The highest BCUT2D eigenvalue weighted by molar-refractivity contribution is 7.13. The van der Waals surface area contributed by atoms with Gasteiger partial charge in [-0.25, -0.2) is 4.98 Å². The van der Waals surface area contributed by atoms with Crippen molar-refractivity contribution in [3.8, 4) is 0 Å². The second-order valence-electron chi connectivity index (χ2n) is 4.17. The van der Waals surface area contributed by atoms with Gasteiger partial charge in [0.1, 0.15) is 6.54 Å². The number of rotatable bonds is 3. The second-order valence-corrected chi connectivity index (χ2v) is 5.03. The fraction of sp³-hybridized carbons (Fsp3) is 0.364. The SMILES string of the molecule is Cc1csc(NC(=O)Cn2nc(C(F)(F)F)cc2C)n1. The molecule has 0 bridgehead atoms. The number of hydrogen-bond donors (Lipinski definition) is 1. The van der Waals surface area contributed by atoms with Gasteiger partial charge in [-0.3, -0.25) is 9.48 Å². The molecule has 2 aromatic heterocycles. The van der Waals surface area contributed by atoms with Crippen LogP contribution in [-0.2, 0) is 17.5 Å². The molecule has 0 fully saturated rings. The van der Waals surface area contributed by atoms with Gasteiger partial charge in [0.25, 0.3) is 0 Å². The summed E-state index contributed by atoms with van der Waals surface area (Å²) in [5, 5.41) is 8.07. The lowest BCUT2D eigenvalue weighted by atomic mass is 10.3. The van der Waals surface area contributed by atoms with Crippen molar-refractivity contribution in [2.45, 2.75) is 26.6 Å². The predicted molar refractivity (Wildman–Crippen MR) is 67.4 cm³/mol. The lowest BCUT2D eigenvalue weighted by Gasteiger charge is -2.04. The number of carbonyl (C=O) groups excluding carboxylic acids is 1. The number of anilines is 1. The van der Waals surface area contributed by atoms with Crippen LogP contribution in [0.15, 0.2) is 11.4 Å². The third-order valence-corrected chi connectivity index (χ3v) is 3.31. The number of thiazole rings is 1. The maximum Gasteiger partial charge on any atom is 0.435 e. The first-order chi connectivity index (χ1) is 9.25. The molecule has 2 aromatic rings. The van der Waals surface area contributed by atoms with Gasteiger partial charge >= 0.3 is 6.18 Å². The Labute approximate surface area is 116 Å². The number of alkyl halides is 3. The summed E-state index contributed by atoms with van der Waals surface area (Å²) in [4.78, 5) is 15.8. The monoisotopic (exact) mass is 304 g/mol. The van der Waals surface area contributed by atoms with Crippen molar-refractivity contribution >= 4 is 22.4 Å². The van der Waals surface area contributed by atoms with Crippen LogP contribution in [0.25, 0.3) is 0 Å². The number of carbonyl (C=O) groups is 1. The molecule has 2 heterocycles. The van der Waals surface area contributed by atoms with Crippen molar-refractivity contribution in [3.63, 3.8) is 0 Å². The van der Waals surface area contributed by atoms with Crippen LogP contribution in [-0.4, -0.2) is 20.7 Å². The Bertz CT molecular complexity index is 632. The zero-order valence-electron chi connectivity index (χ0n) is 10.7. The summed E-state index contributed by atoms with van der Waals surface area (Å²) in [5.74, 6) is -0.473. The van der Waals surface area contributed by atoms with Gasteiger partial charge in [0.05, 0.1) is 5.69 Å². The van der Waals surface area contributed by atoms with Crippen molar-refractivity contribution in [1.29, 1.82) is 0 Å². The fourth-order valence-electron chi connectivity index (χ4n) is 1.51. The molecule has 0 spiro atoms. The summed E-state index contributed by atoms with van der Waals surface area (Å²) in [6.45, 7) is 2.95. The highest BCUT2D eigenvalue weighted by atomic mass is 32.1. The van der Waals surface area contributed by atoms with E-state index in [1.807, 2.05) is 0 Å². The molecule has 0 saturated heterocycles. The number of amides is 1. The second kappa shape index (κ2) is 5.23. The van der Waals surface area contributed by atoms with Crippen LogP contribution >= 0.6 is 11.3 Å². The molecule has 0 saturated carbocycles. The van der Waals surface area contributed by atoms with Gasteiger partial charge in [0.2, 0.25) is 5.91 Å². The summed E-state index contributed by atoms with van der Waals surface area (Å²) in [5.41, 5.74) is 0.0237. The van der Waals surface area contributed by atoms with Crippen molar-refractivity contribution in [2.24, 2.45) is 0 Å². The quantitative estimate of drug-likeness (QED) is 0.948. The van der Waals surface area contributed by atoms with E-state index < -0.39 is 17.8 Å². The summed E-state index contributed by atoms with van der Waals surface area (Å²) in [6, 6.07) is 0.904. The van der Waals surface area contributed by atoms with Crippen molar-refractivity contribution in [1.82, 2.24) is 14.8 Å². The van der Waals surface area contributed by atoms with E-state index in [9.17, 15) is 18.0 Å². The van der Waals surface area contributed by atoms with Gasteiger partial charge in [0, 0.05) is 11.1 Å². The number of hydrogen-bond acceptors (Lipinski definition) is 4. The normalized spacial score (nSPS) is 11.7. The molecule has 0 aliphatic rings. The molecule has 0 radical (unpaired) electrons. The topological polar surface area (TPSA) is 59.8 Å². The number of nitrogens with one attached hydrogen (secondary N) is 1. The Balaban J connectivity index is 2.06. The van der Waals surface area contributed by atoms with Gasteiger partial charge in [-0.05, 0) is 19.9 Å². The van der Waals surface area contributed by atoms with Crippen LogP contribution in [0.2, 0.25) is 0 Å². The molecule has 2 rings (SSSR count). The smallest absolute Gasteiger partial charge is 0.300 e. The summed E-state index contributed by atoms with van der Waals surface area (Å²) >= 11 is 1.25. The molecule has 1 N–H and O–H groups in total. The minimum atomic E-state index is -4.51. The Morgan fingerprint density at radius 1 is 1.45 bits per heavy atom. The highest BCUT2D eigenvalue weighted by Crippen LogP contribution is 2.28. The molecular formula is C11H11F3N4OS. The van der Waals surface area contributed by atoms with Crippen LogP contribution in [0.3, 0.4) is 0 Å². The third-order valence-electron chi connectivity index (χ3n) is 2.43. The molecule has 0 aliphatic heterocycles. The summed E-state index contributed by atoms with van der Waals surface area (Å²) in [6.07, 6.45) is -4.51. The van der Waals surface area contributed by atoms with Crippen LogP contribution in [0.4, 0.5) is 18.3 Å². The Kier molecular flexibility index (Phi) is 3.80. The Hall–Kier alpha value is -1.90. The van der Waals surface area contributed by atoms with Crippen molar-refractivity contribution in [2.75, 3.05) is 5.32 Å². The number of nitrogens with zero attached hydrogens (tertiary/aromatic N) is 3. The van der Waals surface area contributed by atoms with E-state index in [0.29, 0.717) is 5.13 Å². The number of aryl methyl sites for hydroxylation is 2. The average molecular weight is 304 g/mol. The summed E-state index contributed by atoms with van der Waals surface area (Å²) in [7, 11) is 0. The van der Waals surface area contributed by atoms with E-state index in [0.717, 1.165) is 16.4 Å². The molecule has 0 unspecified atom stereocenters. The fourth-order valence-corrected chi connectivity index (χ4v) is 2.22. The van der Waals surface area contributed by atoms with Gasteiger partial charge in [-0.15, -0.1) is 11.3 Å². The van der Waals surface area contributed by atoms with E-state index in [2.05, 4.69) is 15.4 Å². The van der Waals surface area contributed by atoms with Gasteiger partial charge in [-0.1, -0.05) is 0 Å². The van der Waals surface area contributed by atoms with Crippen LogP contribution in [0.5, 0.6) is 0 Å². The van der Waals surface area contributed by atoms with Gasteiger partial charge in [0.15, 0.2) is 10.8 Å². The van der Waals surface area contributed by atoms with E-state index in [-0.39, 0.29) is 12.2 Å². The first-order valence-corrected chi connectivity index (χ1v) is 6.47. The number of aromatic nitrogens is 3. The first kappa shape index (κ1) is 14.5. The van der Waals surface area contributed by atoms with Crippen molar-refractivity contribution in [3.05, 3.63) is 28.5 Å². The van der Waals surface area contributed by atoms with Crippen molar-refractivity contribution < 1.29 is 18.0 Å². The standard InChI is InChI=1S/C11H11F3N4OS/c1-6-5-20-10(15-6)16-9(19)4-18-7(2)3-8(17-18)11(12,13)14/h3,5H,4H2,1-2H3,(H,15,16,19). The zero-order chi connectivity index (χ0) is 14.9. The van der Waals surface area contributed by atoms with Gasteiger partial charge in [-0.2, -0.15) is 18.3 Å². The van der Waals surface area contributed by atoms with Crippen LogP contribution in [0, 0.1) is 13.8 Å². The Morgan fingerprint density at radius 2 is 2.15 bits per heavy atom. The van der Waals surface area contributed by atoms with Crippen LogP contribution < -0.4 is 5.32 Å². The Morgan fingerprint density at radius 3 is 2.65 bits per heavy atom. The van der Waals surface area contributed by atoms with E-state index in [4.69, 9.17) is 0 Å². The average Bonchev–Trinajstić information content (AvgIpc) is 2.86. The van der Waals surface area contributed by atoms with E-state index in [1.54, 1.807) is 12.3 Å². The molecule has 108 valence electrons. The molecular weight excluding hydrogens is 293 g/mol. The molecule has 0 aliphatic carbocycles. The van der Waals surface area contributed by atoms with E-state index >= 15 is 0 Å². The summed E-state index contributed by atoms with van der Waals surface area (Å²) < 4.78 is 38.5. The lowest BCUT2D eigenvalue weighted by Crippen LogP contribution is -2.20. The first-order valence-electron chi connectivity index (χ1n) is 5.59. The zero-order valence-corrected chi connectivity index (χ0v) is 11.5. The predicted octanol–water partition coefficient (Wildman–Crippen LogP) is 2.61. The third kappa shape index (κ3) is 3.35. The maximum atomic E-state index is 12.5. The van der Waals surface area contributed by atoms with Crippen LogP contribution in [0.1, 0.15) is 17.1 Å². The largest absolute Gasteiger partial charge is 0.435 e. The van der Waals surface area contributed by atoms with Gasteiger partial charge < -0.3 is 5.32 Å². The molecule has 0 aromatic carbocycles. The minimum absolute atomic E-state index is 0.266. The molecule has 20 heavy (non-hydrogen) atoms. The highest BCUT2D eigenvalue weighted by Gasteiger charge is 2.34. The maximum absolute atomic E-state index is 12.5. The molecule has 0 atom stereocenters. The minimum Gasteiger partial charge on any atom is -0.300 e. The molecule has 5 nitrogen and oxygen atoms in total. The molecule has 1 amide bonds. The lowest BCUT2D eigenvalue weighted by molar-refractivity contribution is -0.141. The number of halogens is 3. The molecule has 9 heteroatoms. The van der Waals surface area contributed by atoms with E-state index in [1.165, 1.54) is 18.3 Å².